The molecule has 2 aromatic rings. The van der Waals surface area contributed by atoms with Crippen molar-refractivity contribution in [3.05, 3.63) is 29.9 Å². The maximum Gasteiger partial charge on any atom is 0.229 e. The molecule has 0 spiro atoms. The van der Waals surface area contributed by atoms with Crippen LogP contribution in [-0.2, 0) is 11.2 Å². The van der Waals surface area contributed by atoms with Crippen molar-refractivity contribution in [1.29, 1.82) is 0 Å². The molecule has 2 rings (SSSR count). The van der Waals surface area contributed by atoms with Gasteiger partial charge in [0.2, 0.25) is 11.7 Å². The van der Waals surface area contributed by atoms with Crippen LogP contribution in [-0.4, -0.2) is 40.1 Å². The number of rotatable bonds is 5. The largest absolute Gasteiger partial charge is 0.390 e. The number of aliphatic hydroxyl groups excluding tert-OH is 1. The third-order valence-electron chi connectivity index (χ3n) is 2.50. The van der Waals surface area contributed by atoms with Crippen molar-refractivity contribution in [2.75, 3.05) is 13.7 Å². The molecule has 0 bridgehead atoms. The second-order valence-electron chi connectivity index (χ2n) is 4.02. The van der Waals surface area contributed by atoms with Crippen molar-refractivity contribution in [2.45, 2.75) is 19.4 Å². The highest BCUT2D eigenvalue weighted by atomic mass is 16.5. The van der Waals surface area contributed by atoms with Gasteiger partial charge in [0.25, 0.3) is 0 Å². The fourth-order valence-electron chi connectivity index (χ4n) is 1.62. The van der Waals surface area contributed by atoms with Crippen LogP contribution in [0.2, 0.25) is 0 Å². The predicted octanol–water partition coefficient (Wildman–Crippen LogP) is 0.990. The van der Waals surface area contributed by atoms with Gasteiger partial charge in [0.05, 0.1) is 19.1 Å². The van der Waals surface area contributed by atoms with Crippen molar-refractivity contribution in [2.24, 2.45) is 0 Å². The number of hydrogen-bond acceptors (Lipinski definition) is 6. The third kappa shape index (κ3) is 2.91. The molecule has 0 aliphatic carbocycles. The first-order valence-electron chi connectivity index (χ1n) is 5.61. The van der Waals surface area contributed by atoms with Gasteiger partial charge in [-0.2, -0.15) is 4.98 Å². The minimum atomic E-state index is -0.637. The molecule has 1 atom stereocenters. The highest BCUT2D eigenvalue weighted by Gasteiger charge is 2.14. The Morgan fingerprint density at radius 3 is 3.06 bits per heavy atom. The van der Waals surface area contributed by atoms with Crippen LogP contribution in [0.25, 0.3) is 11.4 Å². The Hall–Kier alpha value is -1.79. The van der Waals surface area contributed by atoms with Gasteiger partial charge in [0.1, 0.15) is 0 Å². The Kier molecular flexibility index (Phi) is 4.01. The predicted molar refractivity (Wildman–Crippen MR) is 63.9 cm³/mol. The molecule has 0 amide bonds. The van der Waals surface area contributed by atoms with Gasteiger partial charge in [-0.05, 0) is 18.6 Å². The average Bonchev–Trinajstić information content (AvgIpc) is 2.78. The Labute approximate surface area is 105 Å². The van der Waals surface area contributed by atoms with E-state index < -0.39 is 6.10 Å². The molecule has 0 fully saturated rings. The van der Waals surface area contributed by atoms with Gasteiger partial charge >= 0.3 is 0 Å². The Morgan fingerprint density at radius 1 is 1.50 bits per heavy atom. The number of aromatic nitrogens is 3. The minimum Gasteiger partial charge on any atom is -0.390 e. The SMILES string of the molecule is COCC(O)Cc1nc(-c2ccncc2C)no1. The number of hydrogen-bond donors (Lipinski definition) is 1. The smallest absolute Gasteiger partial charge is 0.229 e. The molecule has 1 N–H and O–H groups in total. The van der Waals surface area contributed by atoms with Gasteiger partial charge < -0.3 is 14.4 Å². The van der Waals surface area contributed by atoms with E-state index in [2.05, 4.69) is 15.1 Å². The molecule has 6 nitrogen and oxygen atoms in total. The molecule has 0 aliphatic heterocycles. The summed E-state index contributed by atoms with van der Waals surface area (Å²) in [5, 5.41) is 13.5. The third-order valence-corrected chi connectivity index (χ3v) is 2.50. The summed E-state index contributed by atoms with van der Waals surface area (Å²) in [4.78, 5) is 8.25. The monoisotopic (exact) mass is 249 g/mol. The molecule has 6 heteroatoms. The quantitative estimate of drug-likeness (QED) is 0.851. The number of pyridine rings is 1. The van der Waals surface area contributed by atoms with Crippen molar-refractivity contribution in [3.8, 4) is 11.4 Å². The normalized spacial score (nSPS) is 12.6. The van der Waals surface area contributed by atoms with E-state index in [0.717, 1.165) is 11.1 Å². The van der Waals surface area contributed by atoms with E-state index in [1.54, 1.807) is 12.4 Å². The van der Waals surface area contributed by atoms with E-state index in [9.17, 15) is 5.11 Å². The number of aryl methyl sites for hydroxylation is 1. The fraction of sp³-hybridized carbons (Fsp3) is 0.417. The zero-order valence-electron chi connectivity index (χ0n) is 10.3. The van der Waals surface area contributed by atoms with Gasteiger partial charge in [0.15, 0.2) is 0 Å². The van der Waals surface area contributed by atoms with E-state index in [1.165, 1.54) is 7.11 Å². The number of aliphatic hydroxyl groups is 1. The van der Waals surface area contributed by atoms with Gasteiger partial charge in [-0.1, -0.05) is 5.16 Å². The summed E-state index contributed by atoms with van der Waals surface area (Å²) >= 11 is 0. The van der Waals surface area contributed by atoms with E-state index in [4.69, 9.17) is 9.26 Å². The van der Waals surface area contributed by atoms with E-state index >= 15 is 0 Å². The van der Waals surface area contributed by atoms with Crippen LogP contribution in [0.3, 0.4) is 0 Å². The lowest BCUT2D eigenvalue weighted by Gasteiger charge is -2.04. The van der Waals surface area contributed by atoms with Gasteiger partial charge in [-0.3, -0.25) is 4.98 Å². The Bertz CT molecular complexity index is 513. The van der Waals surface area contributed by atoms with Crippen molar-refractivity contribution in [1.82, 2.24) is 15.1 Å². The summed E-state index contributed by atoms with van der Waals surface area (Å²) in [6.07, 6.45) is 3.07. The van der Waals surface area contributed by atoms with E-state index in [1.807, 2.05) is 13.0 Å². The molecule has 2 heterocycles. The van der Waals surface area contributed by atoms with Crippen LogP contribution in [0.1, 0.15) is 11.5 Å². The molecule has 0 aromatic carbocycles. The summed E-state index contributed by atoms with van der Waals surface area (Å²) in [6, 6.07) is 1.83. The topological polar surface area (TPSA) is 81.3 Å². The van der Waals surface area contributed by atoms with Crippen LogP contribution in [0.4, 0.5) is 0 Å². The summed E-state index contributed by atoms with van der Waals surface area (Å²) in [5.74, 6) is 0.903. The first-order valence-corrected chi connectivity index (χ1v) is 5.61. The molecule has 18 heavy (non-hydrogen) atoms. The molecular weight excluding hydrogens is 234 g/mol. The molecule has 0 aliphatic rings. The van der Waals surface area contributed by atoms with E-state index in [-0.39, 0.29) is 13.0 Å². The zero-order chi connectivity index (χ0) is 13.0. The first kappa shape index (κ1) is 12.7. The lowest BCUT2D eigenvalue weighted by Crippen LogP contribution is -2.17. The molecule has 96 valence electrons. The Morgan fingerprint density at radius 2 is 2.33 bits per heavy atom. The standard InChI is InChI=1S/C12H15N3O3/c1-8-6-13-4-3-10(8)12-14-11(18-15-12)5-9(16)7-17-2/h3-4,6,9,16H,5,7H2,1-2H3. The summed E-state index contributed by atoms with van der Waals surface area (Å²) in [5.41, 5.74) is 1.85. The van der Waals surface area contributed by atoms with Crippen LogP contribution >= 0.6 is 0 Å². The summed E-state index contributed by atoms with van der Waals surface area (Å²) in [7, 11) is 1.53. The molecule has 0 radical (unpaired) electrons. The van der Waals surface area contributed by atoms with Crippen LogP contribution < -0.4 is 0 Å². The van der Waals surface area contributed by atoms with Crippen LogP contribution in [0.5, 0.6) is 0 Å². The molecule has 0 saturated carbocycles. The van der Waals surface area contributed by atoms with Crippen LogP contribution in [0.15, 0.2) is 23.0 Å². The molecule has 0 saturated heterocycles. The molecular formula is C12H15N3O3. The number of nitrogens with zero attached hydrogens (tertiary/aromatic N) is 3. The average molecular weight is 249 g/mol. The maximum absolute atomic E-state index is 9.57. The zero-order valence-corrected chi connectivity index (χ0v) is 10.3. The second kappa shape index (κ2) is 5.70. The fourth-order valence-corrected chi connectivity index (χ4v) is 1.62. The van der Waals surface area contributed by atoms with Crippen molar-refractivity contribution in [3.63, 3.8) is 0 Å². The van der Waals surface area contributed by atoms with Crippen molar-refractivity contribution < 1.29 is 14.4 Å². The van der Waals surface area contributed by atoms with Gasteiger partial charge in [-0.15, -0.1) is 0 Å². The Balaban J connectivity index is 2.13. The highest BCUT2D eigenvalue weighted by molar-refractivity contribution is 5.57. The van der Waals surface area contributed by atoms with Crippen molar-refractivity contribution >= 4 is 0 Å². The molecule has 2 aromatic heterocycles. The van der Waals surface area contributed by atoms with Gasteiger partial charge in [0, 0.05) is 25.1 Å². The first-order chi connectivity index (χ1) is 8.70. The number of ether oxygens (including phenoxy) is 1. The lowest BCUT2D eigenvalue weighted by molar-refractivity contribution is 0.0599. The van der Waals surface area contributed by atoms with E-state index in [0.29, 0.717) is 11.7 Å². The highest BCUT2D eigenvalue weighted by Crippen LogP contribution is 2.19. The minimum absolute atomic E-state index is 0.242. The lowest BCUT2D eigenvalue weighted by atomic mass is 10.1. The molecule has 1 unspecified atom stereocenters. The van der Waals surface area contributed by atoms with Crippen LogP contribution in [0, 0.1) is 6.92 Å². The number of methoxy groups -OCH3 is 1. The summed E-state index contributed by atoms with van der Waals surface area (Å²) < 4.78 is 9.93. The second-order valence-corrected chi connectivity index (χ2v) is 4.02. The van der Waals surface area contributed by atoms with Gasteiger partial charge in [-0.25, -0.2) is 0 Å². The maximum atomic E-state index is 9.57. The summed E-state index contributed by atoms with van der Waals surface area (Å²) in [6.45, 7) is 2.17.